The Hall–Kier alpha value is -1.42. The van der Waals surface area contributed by atoms with Gasteiger partial charge in [-0.15, -0.1) is 0 Å². The average Bonchev–Trinajstić information content (AvgIpc) is 2.64. The molecule has 3 nitrogen and oxygen atoms in total. The molecule has 4 heteroatoms. The molecule has 1 N–H and O–H groups in total. The van der Waals surface area contributed by atoms with Gasteiger partial charge in [0.05, 0.1) is 5.56 Å². The van der Waals surface area contributed by atoms with Crippen LogP contribution in [0, 0.1) is 0 Å². The molecular weight excluding hydrogens is 208 g/mol. The van der Waals surface area contributed by atoms with Crippen LogP contribution in [0.25, 0.3) is 11.6 Å². The molecule has 0 saturated heterocycles. The predicted molar refractivity (Wildman–Crippen MR) is 67.6 cm³/mol. The lowest BCUT2D eigenvalue weighted by atomic mass is 10.1. The first kappa shape index (κ1) is 11.7. The normalized spacial score (nSPS) is 11.2. The van der Waals surface area contributed by atoms with E-state index in [9.17, 15) is 0 Å². The fraction of sp³-hybridized carbons (Fsp3) is 0.182. The Morgan fingerprint density at radius 3 is 2.73 bits per heavy atom. The zero-order valence-corrected chi connectivity index (χ0v) is 9.73. The smallest absolute Gasteiger partial charge is 0.187 e. The van der Waals surface area contributed by atoms with Crippen LogP contribution in [-0.2, 0) is 0 Å². The van der Waals surface area contributed by atoms with Crippen LogP contribution < -0.4 is 4.72 Å². The van der Waals surface area contributed by atoms with Crippen LogP contribution in [0.2, 0.25) is 0 Å². The molecule has 1 rings (SSSR count). The van der Waals surface area contributed by atoms with Crippen LogP contribution in [-0.4, -0.2) is 11.4 Å². The first-order valence-corrected chi connectivity index (χ1v) is 5.71. The number of hydrogen-bond acceptors (Lipinski definition) is 4. The Bertz CT molecular complexity index is 393. The Balaban J connectivity index is 3.19. The Morgan fingerprint density at radius 1 is 1.53 bits per heavy atom. The third-order valence-electron chi connectivity index (χ3n) is 1.92. The number of nitrogens with one attached hydrogen (secondary N) is 1. The van der Waals surface area contributed by atoms with Crippen molar-refractivity contribution < 1.29 is 4.52 Å². The van der Waals surface area contributed by atoms with Crippen LogP contribution in [0.15, 0.2) is 29.8 Å². The van der Waals surface area contributed by atoms with Crippen LogP contribution in [0.1, 0.15) is 18.2 Å². The molecule has 0 bridgehead atoms. The van der Waals surface area contributed by atoms with Crippen LogP contribution in [0.5, 0.6) is 0 Å². The van der Waals surface area contributed by atoms with E-state index < -0.39 is 0 Å². The highest BCUT2D eigenvalue weighted by molar-refractivity contribution is 7.99. The summed E-state index contributed by atoms with van der Waals surface area (Å²) in [5, 5.41) is 3.93. The number of hydrogen-bond donors (Lipinski definition) is 1. The summed E-state index contributed by atoms with van der Waals surface area (Å²) in [5.41, 5.74) is 1.77. The Kier molecular flexibility index (Phi) is 4.24. The van der Waals surface area contributed by atoms with Gasteiger partial charge in [-0.3, -0.25) is 0 Å². The average molecular weight is 222 g/mol. The van der Waals surface area contributed by atoms with Gasteiger partial charge in [0.15, 0.2) is 11.6 Å². The van der Waals surface area contributed by atoms with Gasteiger partial charge in [-0.05, 0) is 6.92 Å². The van der Waals surface area contributed by atoms with Crippen LogP contribution in [0.3, 0.4) is 0 Å². The quantitative estimate of drug-likeness (QED) is 0.610. The van der Waals surface area contributed by atoms with Crippen molar-refractivity contribution in [1.29, 1.82) is 0 Å². The van der Waals surface area contributed by atoms with Gasteiger partial charge >= 0.3 is 0 Å². The van der Waals surface area contributed by atoms with Crippen molar-refractivity contribution >= 4 is 29.4 Å². The zero-order valence-electron chi connectivity index (χ0n) is 8.91. The van der Waals surface area contributed by atoms with Crippen LogP contribution >= 0.6 is 11.9 Å². The summed E-state index contributed by atoms with van der Waals surface area (Å²) in [6.07, 6.45) is 7.29. The van der Waals surface area contributed by atoms with E-state index in [1.54, 1.807) is 12.2 Å². The fourth-order valence-corrected chi connectivity index (χ4v) is 1.55. The number of nitrogens with zero attached hydrogens (tertiary/aromatic N) is 1. The molecule has 0 aliphatic rings. The maximum Gasteiger partial charge on any atom is 0.187 e. The minimum Gasteiger partial charge on any atom is -0.353 e. The Morgan fingerprint density at radius 2 is 2.27 bits per heavy atom. The van der Waals surface area contributed by atoms with Gasteiger partial charge in [-0.25, -0.2) is 0 Å². The largest absolute Gasteiger partial charge is 0.353 e. The summed E-state index contributed by atoms with van der Waals surface area (Å²) in [4.78, 5) is 0. The van der Waals surface area contributed by atoms with Gasteiger partial charge in [0.1, 0.15) is 0 Å². The minimum atomic E-state index is 0.689. The molecule has 80 valence electrons. The first-order valence-electron chi connectivity index (χ1n) is 4.48. The molecule has 0 aliphatic heterocycles. The third-order valence-corrected chi connectivity index (χ3v) is 2.32. The SMILES string of the molecule is C=C/C(=C/C)c1onc(NSC)c1C=C. The molecule has 0 amide bonds. The number of aromatic nitrogens is 1. The molecule has 0 spiro atoms. The second-order valence-electron chi connectivity index (χ2n) is 2.73. The number of rotatable bonds is 5. The molecule has 0 atom stereocenters. The van der Waals surface area contributed by atoms with Crippen molar-refractivity contribution in [3.8, 4) is 0 Å². The number of anilines is 1. The maximum absolute atomic E-state index is 5.25. The Labute approximate surface area is 94.1 Å². The molecule has 1 heterocycles. The van der Waals surface area contributed by atoms with E-state index in [1.165, 1.54) is 11.9 Å². The molecule has 1 aromatic rings. The summed E-state index contributed by atoms with van der Waals surface area (Å²) < 4.78 is 8.28. The van der Waals surface area contributed by atoms with E-state index in [0.717, 1.165) is 11.1 Å². The lowest BCUT2D eigenvalue weighted by Crippen LogP contribution is -1.88. The second-order valence-corrected chi connectivity index (χ2v) is 3.34. The van der Waals surface area contributed by atoms with E-state index in [1.807, 2.05) is 19.3 Å². The summed E-state index contributed by atoms with van der Waals surface area (Å²) in [6.45, 7) is 9.39. The molecule has 0 fully saturated rings. The monoisotopic (exact) mass is 222 g/mol. The van der Waals surface area contributed by atoms with Crippen molar-refractivity contribution in [2.24, 2.45) is 0 Å². The highest BCUT2D eigenvalue weighted by Gasteiger charge is 2.14. The van der Waals surface area contributed by atoms with E-state index >= 15 is 0 Å². The molecule has 0 saturated carbocycles. The van der Waals surface area contributed by atoms with Gasteiger partial charge in [-0.1, -0.05) is 48.5 Å². The summed E-state index contributed by atoms with van der Waals surface area (Å²) in [5.74, 6) is 1.38. The van der Waals surface area contributed by atoms with Crippen molar-refractivity contribution in [3.05, 3.63) is 36.6 Å². The standard InChI is InChI=1S/C11H14N2OS/c1-5-8(6-2)10-9(7-3)11(12-14-10)13-15-4/h5-7H,1,3H2,2,4H3,(H,12,13)/b8-6-. The first-order chi connectivity index (χ1) is 7.28. The molecular formula is C11H14N2OS. The van der Waals surface area contributed by atoms with Gasteiger partial charge in [0.2, 0.25) is 0 Å². The van der Waals surface area contributed by atoms with Gasteiger partial charge < -0.3 is 9.25 Å². The van der Waals surface area contributed by atoms with Gasteiger partial charge in [0.25, 0.3) is 0 Å². The molecule has 0 aromatic carbocycles. The highest BCUT2D eigenvalue weighted by atomic mass is 32.2. The third kappa shape index (κ3) is 2.33. The fourth-order valence-electron chi connectivity index (χ4n) is 1.21. The highest BCUT2D eigenvalue weighted by Crippen LogP contribution is 2.28. The van der Waals surface area contributed by atoms with E-state index in [0.29, 0.717) is 11.6 Å². The van der Waals surface area contributed by atoms with E-state index in [2.05, 4.69) is 23.0 Å². The second kappa shape index (κ2) is 5.46. The molecule has 15 heavy (non-hydrogen) atoms. The summed E-state index contributed by atoms with van der Waals surface area (Å²) in [7, 11) is 0. The lowest BCUT2D eigenvalue weighted by molar-refractivity contribution is 0.414. The van der Waals surface area contributed by atoms with Crippen molar-refractivity contribution in [2.45, 2.75) is 6.92 Å². The molecule has 0 radical (unpaired) electrons. The van der Waals surface area contributed by atoms with Gasteiger partial charge in [0, 0.05) is 11.8 Å². The van der Waals surface area contributed by atoms with E-state index in [4.69, 9.17) is 4.52 Å². The predicted octanol–water partition coefficient (Wildman–Crippen LogP) is 3.60. The maximum atomic E-state index is 5.25. The van der Waals surface area contributed by atoms with Crippen molar-refractivity contribution in [1.82, 2.24) is 5.16 Å². The molecule has 1 aromatic heterocycles. The van der Waals surface area contributed by atoms with Crippen molar-refractivity contribution in [3.63, 3.8) is 0 Å². The van der Waals surface area contributed by atoms with Crippen molar-refractivity contribution in [2.75, 3.05) is 11.0 Å². The zero-order chi connectivity index (χ0) is 11.3. The lowest BCUT2D eigenvalue weighted by Gasteiger charge is -1.99. The van der Waals surface area contributed by atoms with Crippen LogP contribution in [0.4, 0.5) is 5.82 Å². The number of allylic oxidation sites excluding steroid dienone is 3. The minimum absolute atomic E-state index is 0.689. The molecule has 0 aliphatic carbocycles. The van der Waals surface area contributed by atoms with E-state index in [-0.39, 0.29) is 0 Å². The topological polar surface area (TPSA) is 38.1 Å². The van der Waals surface area contributed by atoms with Gasteiger partial charge in [-0.2, -0.15) is 0 Å². The molecule has 0 unspecified atom stereocenters. The summed E-state index contributed by atoms with van der Waals surface area (Å²) >= 11 is 1.46. The summed E-state index contributed by atoms with van der Waals surface area (Å²) in [6, 6.07) is 0.